The lowest BCUT2D eigenvalue weighted by molar-refractivity contribution is 0.200. The largest absolute Gasteiger partial charge is 0.465 e. The zero-order valence-corrected chi connectivity index (χ0v) is 23.7. The molecule has 0 bridgehead atoms. The maximum atomic E-state index is 11.3. The number of fused-ring (bicyclic) bond motifs is 1. The number of nitrogens with zero attached hydrogens (tertiary/aromatic N) is 4. The molecular formula is C32H39N7O2. The molecule has 9 heteroatoms. The quantitative estimate of drug-likeness (QED) is 0.155. The molecule has 0 radical (unpaired) electrons. The highest BCUT2D eigenvalue weighted by Gasteiger charge is 2.45. The van der Waals surface area contributed by atoms with Crippen LogP contribution in [0.1, 0.15) is 88.3 Å². The molecule has 41 heavy (non-hydrogen) atoms. The van der Waals surface area contributed by atoms with Crippen molar-refractivity contribution >= 4 is 28.9 Å². The van der Waals surface area contributed by atoms with Gasteiger partial charge in [-0.1, -0.05) is 43.2 Å². The van der Waals surface area contributed by atoms with Crippen LogP contribution in [0.5, 0.6) is 0 Å². The summed E-state index contributed by atoms with van der Waals surface area (Å²) >= 11 is 0. The van der Waals surface area contributed by atoms with E-state index in [1.807, 2.05) is 6.07 Å². The Morgan fingerprint density at radius 3 is 2.44 bits per heavy atom. The van der Waals surface area contributed by atoms with Crippen LogP contribution in [0.25, 0.3) is 11.2 Å². The van der Waals surface area contributed by atoms with E-state index in [1.165, 1.54) is 24.8 Å². The van der Waals surface area contributed by atoms with Gasteiger partial charge in [0.2, 0.25) is 0 Å². The summed E-state index contributed by atoms with van der Waals surface area (Å²) in [7, 11) is 0. The van der Waals surface area contributed by atoms with Crippen LogP contribution in [0.2, 0.25) is 0 Å². The molecular weight excluding hydrogens is 514 g/mol. The summed E-state index contributed by atoms with van der Waals surface area (Å²) in [5.74, 6) is 5.61. The number of terminal acetylenes is 1. The third-order valence-corrected chi connectivity index (χ3v) is 9.76. The van der Waals surface area contributed by atoms with Crippen LogP contribution in [0.4, 0.5) is 10.6 Å². The predicted molar refractivity (Wildman–Crippen MR) is 159 cm³/mol. The Kier molecular flexibility index (Phi) is 7.41. The molecule has 4 N–H and O–H groups in total. The third-order valence-electron chi connectivity index (χ3n) is 9.76. The SMILES string of the molecule is C#C[C@H]1CC[C@H](Cn2c(C3(c4ccccc4)CCC3)nc3nc(C(=N)NC(=O)O)nc(N[C@H](C)C4CCC4)c32)CC1. The molecule has 0 aliphatic heterocycles. The zero-order valence-electron chi connectivity index (χ0n) is 23.7. The Morgan fingerprint density at radius 2 is 1.85 bits per heavy atom. The molecule has 2 heterocycles. The molecule has 6 rings (SSSR count). The highest BCUT2D eigenvalue weighted by Crippen LogP contribution is 2.50. The van der Waals surface area contributed by atoms with Crippen molar-refractivity contribution in [2.45, 2.75) is 89.1 Å². The van der Waals surface area contributed by atoms with Gasteiger partial charge in [0.15, 0.2) is 23.1 Å². The molecule has 3 aliphatic carbocycles. The van der Waals surface area contributed by atoms with E-state index in [0.29, 0.717) is 29.2 Å². The maximum absolute atomic E-state index is 11.3. The van der Waals surface area contributed by atoms with E-state index in [0.717, 1.165) is 62.8 Å². The number of nitrogens with one attached hydrogen (secondary N) is 3. The van der Waals surface area contributed by atoms with Crippen molar-refractivity contribution in [3.05, 3.63) is 47.5 Å². The summed E-state index contributed by atoms with van der Waals surface area (Å²) in [5, 5.41) is 23.4. The summed E-state index contributed by atoms with van der Waals surface area (Å²) in [5.41, 5.74) is 2.38. The van der Waals surface area contributed by atoms with Crippen LogP contribution in [-0.2, 0) is 12.0 Å². The minimum absolute atomic E-state index is 0.0244. The van der Waals surface area contributed by atoms with Gasteiger partial charge in [0.1, 0.15) is 11.3 Å². The number of amidine groups is 1. The Bertz CT molecular complexity index is 1480. The molecule has 1 amide bonds. The van der Waals surface area contributed by atoms with Crippen molar-refractivity contribution in [2.24, 2.45) is 17.8 Å². The van der Waals surface area contributed by atoms with Crippen LogP contribution in [0.3, 0.4) is 0 Å². The molecule has 0 saturated heterocycles. The van der Waals surface area contributed by atoms with Gasteiger partial charge in [0, 0.05) is 18.5 Å². The fourth-order valence-electron chi connectivity index (χ4n) is 6.93. The maximum Gasteiger partial charge on any atom is 0.410 e. The molecule has 1 atom stereocenters. The van der Waals surface area contributed by atoms with E-state index in [4.69, 9.17) is 21.8 Å². The van der Waals surface area contributed by atoms with Crippen molar-refractivity contribution < 1.29 is 9.90 Å². The van der Waals surface area contributed by atoms with Crippen LogP contribution in [-0.4, -0.2) is 42.6 Å². The minimum atomic E-state index is -1.32. The Balaban J connectivity index is 1.50. The monoisotopic (exact) mass is 553 g/mol. The van der Waals surface area contributed by atoms with Crippen molar-refractivity contribution in [1.82, 2.24) is 24.8 Å². The van der Waals surface area contributed by atoms with Gasteiger partial charge in [-0.15, -0.1) is 12.3 Å². The van der Waals surface area contributed by atoms with Gasteiger partial charge in [0.25, 0.3) is 0 Å². The number of benzene rings is 1. The van der Waals surface area contributed by atoms with E-state index in [9.17, 15) is 9.90 Å². The van der Waals surface area contributed by atoms with Crippen LogP contribution in [0, 0.1) is 35.5 Å². The normalized spacial score (nSPS) is 22.6. The van der Waals surface area contributed by atoms with Gasteiger partial charge < -0.3 is 15.0 Å². The van der Waals surface area contributed by atoms with Crippen LogP contribution < -0.4 is 10.6 Å². The van der Waals surface area contributed by atoms with E-state index in [2.05, 4.69) is 57.3 Å². The fraction of sp³-hybridized carbons (Fsp3) is 0.531. The Labute approximate surface area is 241 Å². The summed E-state index contributed by atoms with van der Waals surface area (Å²) in [6, 6.07) is 10.8. The average Bonchev–Trinajstić information content (AvgIpc) is 3.26. The second-order valence-corrected chi connectivity index (χ2v) is 12.2. The molecule has 3 fully saturated rings. The van der Waals surface area contributed by atoms with Gasteiger partial charge in [-0.2, -0.15) is 0 Å². The molecule has 2 aromatic heterocycles. The number of carbonyl (C=O) groups is 1. The number of anilines is 1. The molecule has 9 nitrogen and oxygen atoms in total. The zero-order chi connectivity index (χ0) is 28.6. The Morgan fingerprint density at radius 1 is 1.12 bits per heavy atom. The molecule has 3 aromatic rings. The standard InChI is InChI=1S/C32H39N7O2/c1-3-21-13-15-22(16-14-21)19-39-25-27(34-20(2)23-9-7-10-23)36-29(26(33)35-31(40)41)37-28(25)38-30(39)32(17-8-18-32)24-11-5-4-6-12-24/h1,4-6,11-12,20-23H,7-10,13-19H2,2H3,(H2,33,35)(H,40,41)(H,34,36,37)/t20-,21-,22-/m1/s1. The van der Waals surface area contributed by atoms with Crippen molar-refractivity contribution in [2.75, 3.05) is 5.32 Å². The fourth-order valence-corrected chi connectivity index (χ4v) is 6.93. The van der Waals surface area contributed by atoms with Gasteiger partial charge in [0.05, 0.1) is 5.41 Å². The predicted octanol–water partition coefficient (Wildman–Crippen LogP) is 5.93. The average molecular weight is 554 g/mol. The first-order valence-electron chi connectivity index (χ1n) is 15.0. The first-order chi connectivity index (χ1) is 19.9. The molecule has 3 saturated carbocycles. The number of imidazole rings is 1. The number of aromatic nitrogens is 4. The number of amides is 1. The van der Waals surface area contributed by atoms with E-state index in [1.54, 1.807) is 0 Å². The first kappa shape index (κ1) is 27.3. The number of rotatable bonds is 8. The lowest BCUT2D eigenvalue weighted by Gasteiger charge is -2.42. The van der Waals surface area contributed by atoms with E-state index < -0.39 is 6.09 Å². The molecule has 0 spiro atoms. The summed E-state index contributed by atoms with van der Waals surface area (Å²) < 4.78 is 2.36. The lowest BCUT2D eigenvalue weighted by Crippen LogP contribution is -2.39. The van der Waals surface area contributed by atoms with Crippen LogP contribution >= 0.6 is 0 Å². The van der Waals surface area contributed by atoms with Gasteiger partial charge >= 0.3 is 6.09 Å². The van der Waals surface area contributed by atoms with E-state index >= 15 is 0 Å². The summed E-state index contributed by atoms with van der Waals surface area (Å²) in [6.45, 7) is 2.98. The second-order valence-electron chi connectivity index (χ2n) is 12.2. The number of hydrogen-bond acceptors (Lipinski definition) is 6. The third kappa shape index (κ3) is 5.16. The van der Waals surface area contributed by atoms with E-state index in [-0.39, 0.29) is 23.1 Å². The summed E-state index contributed by atoms with van der Waals surface area (Å²) in [4.78, 5) is 26.0. The molecule has 0 unspecified atom stereocenters. The van der Waals surface area contributed by atoms with Crippen molar-refractivity contribution in [1.29, 1.82) is 5.41 Å². The van der Waals surface area contributed by atoms with Gasteiger partial charge in [-0.05, 0) is 75.7 Å². The molecule has 214 valence electrons. The topological polar surface area (TPSA) is 129 Å². The molecule has 3 aliphatic rings. The Hall–Kier alpha value is -3.93. The number of carboxylic acid groups (broad SMARTS) is 1. The highest BCUT2D eigenvalue weighted by atomic mass is 16.4. The van der Waals surface area contributed by atoms with Crippen LogP contribution in [0.15, 0.2) is 30.3 Å². The second kappa shape index (κ2) is 11.2. The van der Waals surface area contributed by atoms with Gasteiger partial charge in [-0.3, -0.25) is 10.7 Å². The molecule has 1 aromatic carbocycles. The summed E-state index contributed by atoms with van der Waals surface area (Å²) in [6.07, 6.45) is 15.4. The van der Waals surface area contributed by atoms with Gasteiger partial charge in [-0.25, -0.2) is 19.7 Å². The van der Waals surface area contributed by atoms with Crippen molar-refractivity contribution in [3.8, 4) is 12.3 Å². The highest BCUT2D eigenvalue weighted by molar-refractivity contribution is 6.03. The smallest absolute Gasteiger partial charge is 0.410 e. The lowest BCUT2D eigenvalue weighted by atomic mass is 9.63. The van der Waals surface area contributed by atoms with Crippen molar-refractivity contribution in [3.63, 3.8) is 0 Å². The first-order valence-corrected chi connectivity index (χ1v) is 15.0. The number of hydrogen-bond donors (Lipinski definition) is 4. The minimum Gasteiger partial charge on any atom is -0.465 e.